The maximum absolute atomic E-state index is 12.9. The van der Waals surface area contributed by atoms with Gasteiger partial charge in [0.2, 0.25) is 5.91 Å². The van der Waals surface area contributed by atoms with Gasteiger partial charge in [-0.05, 0) is 37.8 Å². The zero-order chi connectivity index (χ0) is 19.7. The first-order chi connectivity index (χ1) is 13.5. The molecule has 1 fully saturated rings. The standard InChI is InChI=1S/C22H28N4O2/c1-16-23-20-10-13-26(12-9-19(20)22(28)24(16)2)21(27)15-25-11-8-18(14-25)17-6-4-3-5-7-17/h3-7,18H,8-15H2,1-2H3. The Hall–Kier alpha value is -2.47. The van der Waals surface area contributed by atoms with Crippen molar-refractivity contribution < 1.29 is 4.79 Å². The fraction of sp³-hybridized carbons (Fsp3) is 0.500. The van der Waals surface area contributed by atoms with E-state index in [-0.39, 0.29) is 11.5 Å². The molecule has 6 nitrogen and oxygen atoms in total. The molecule has 1 saturated heterocycles. The summed E-state index contributed by atoms with van der Waals surface area (Å²) in [5.74, 6) is 1.40. The molecule has 3 heterocycles. The lowest BCUT2D eigenvalue weighted by atomic mass is 9.99. The first kappa shape index (κ1) is 18.9. The van der Waals surface area contributed by atoms with E-state index in [1.165, 1.54) is 5.56 Å². The molecule has 1 unspecified atom stereocenters. The quantitative estimate of drug-likeness (QED) is 0.810. The van der Waals surface area contributed by atoms with Gasteiger partial charge >= 0.3 is 0 Å². The fourth-order valence-corrected chi connectivity index (χ4v) is 4.38. The van der Waals surface area contributed by atoms with Gasteiger partial charge in [0.25, 0.3) is 5.56 Å². The summed E-state index contributed by atoms with van der Waals surface area (Å²) in [6.07, 6.45) is 2.35. The van der Waals surface area contributed by atoms with Crippen LogP contribution in [0.5, 0.6) is 0 Å². The highest BCUT2D eigenvalue weighted by atomic mass is 16.2. The topological polar surface area (TPSA) is 58.4 Å². The number of hydrogen-bond donors (Lipinski definition) is 0. The maximum atomic E-state index is 12.9. The summed E-state index contributed by atoms with van der Waals surface area (Å²) < 4.78 is 1.60. The van der Waals surface area contributed by atoms with Crippen LogP contribution in [0.2, 0.25) is 0 Å². The fourth-order valence-electron chi connectivity index (χ4n) is 4.38. The number of benzene rings is 1. The lowest BCUT2D eigenvalue weighted by Gasteiger charge is -2.24. The molecule has 0 spiro atoms. The van der Waals surface area contributed by atoms with Gasteiger partial charge in [-0.15, -0.1) is 0 Å². The van der Waals surface area contributed by atoms with E-state index >= 15 is 0 Å². The number of aryl methyl sites for hydroxylation is 1. The first-order valence-electron chi connectivity index (χ1n) is 10.1. The number of fused-ring (bicyclic) bond motifs is 1. The molecule has 28 heavy (non-hydrogen) atoms. The molecule has 1 aromatic carbocycles. The van der Waals surface area contributed by atoms with Crippen LogP contribution < -0.4 is 5.56 Å². The molecule has 148 valence electrons. The number of carbonyl (C=O) groups is 1. The predicted molar refractivity (Wildman–Crippen MR) is 108 cm³/mol. The van der Waals surface area contributed by atoms with Gasteiger partial charge < -0.3 is 4.90 Å². The van der Waals surface area contributed by atoms with E-state index in [0.717, 1.165) is 36.6 Å². The predicted octanol–water partition coefficient (Wildman–Crippen LogP) is 1.51. The molecule has 6 heteroatoms. The number of aromatic nitrogens is 2. The van der Waals surface area contributed by atoms with Crippen molar-refractivity contribution in [2.75, 3.05) is 32.7 Å². The molecule has 0 aliphatic carbocycles. The third-order valence-electron chi connectivity index (χ3n) is 6.20. The zero-order valence-corrected chi connectivity index (χ0v) is 16.7. The minimum Gasteiger partial charge on any atom is -0.341 e. The number of hydrogen-bond acceptors (Lipinski definition) is 4. The minimum absolute atomic E-state index is 0.0297. The summed E-state index contributed by atoms with van der Waals surface area (Å²) in [5.41, 5.74) is 3.02. The van der Waals surface area contributed by atoms with Gasteiger partial charge in [-0.2, -0.15) is 0 Å². The van der Waals surface area contributed by atoms with Crippen LogP contribution in [0, 0.1) is 6.92 Å². The third kappa shape index (κ3) is 3.74. The highest BCUT2D eigenvalue weighted by molar-refractivity contribution is 5.78. The number of amides is 1. The van der Waals surface area contributed by atoms with E-state index in [1.54, 1.807) is 11.6 Å². The summed E-state index contributed by atoms with van der Waals surface area (Å²) in [5, 5.41) is 0. The van der Waals surface area contributed by atoms with Gasteiger partial charge in [0.05, 0.1) is 12.2 Å². The van der Waals surface area contributed by atoms with Crippen molar-refractivity contribution in [3.8, 4) is 0 Å². The second-order valence-corrected chi connectivity index (χ2v) is 7.96. The van der Waals surface area contributed by atoms with Crippen molar-refractivity contribution in [2.24, 2.45) is 7.05 Å². The first-order valence-corrected chi connectivity index (χ1v) is 10.1. The van der Waals surface area contributed by atoms with Crippen LogP contribution in [-0.4, -0.2) is 58.0 Å². The Kier molecular flexibility index (Phi) is 5.31. The van der Waals surface area contributed by atoms with Crippen LogP contribution in [0.1, 0.15) is 35.0 Å². The molecular weight excluding hydrogens is 352 g/mol. The molecule has 0 radical (unpaired) electrons. The molecule has 0 N–H and O–H groups in total. The van der Waals surface area contributed by atoms with Gasteiger partial charge in [0.15, 0.2) is 0 Å². The van der Waals surface area contributed by atoms with Gasteiger partial charge in [-0.3, -0.25) is 19.1 Å². The Balaban J connectivity index is 1.37. The summed E-state index contributed by atoms with van der Waals surface area (Å²) in [6.45, 7) is 5.45. The maximum Gasteiger partial charge on any atom is 0.256 e. The third-order valence-corrected chi connectivity index (χ3v) is 6.20. The second kappa shape index (κ2) is 7.87. The average Bonchev–Trinajstić information content (AvgIpc) is 3.06. The number of nitrogens with zero attached hydrogens (tertiary/aromatic N) is 4. The van der Waals surface area contributed by atoms with Crippen LogP contribution in [0.15, 0.2) is 35.1 Å². The smallest absolute Gasteiger partial charge is 0.256 e. The number of carbonyl (C=O) groups excluding carboxylic acids is 1. The van der Waals surface area contributed by atoms with Crippen LogP contribution >= 0.6 is 0 Å². The molecule has 2 aliphatic heterocycles. The van der Waals surface area contributed by atoms with Crippen LogP contribution in [-0.2, 0) is 24.7 Å². The molecular formula is C22H28N4O2. The number of rotatable bonds is 3. The largest absolute Gasteiger partial charge is 0.341 e. The van der Waals surface area contributed by atoms with Crippen molar-refractivity contribution in [1.29, 1.82) is 0 Å². The monoisotopic (exact) mass is 380 g/mol. The van der Waals surface area contributed by atoms with Crippen molar-refractivity contribution in [3.05, 3.63) is 63.3 Å². The molecule has 1 aromatic heterocycles. The molecule has 2 aromatic rings. The normalized spacial score (nSPS) is 20.1. The van der Waals surface area contributed by atoms with Gasteiger partial charge in [0, 0.05) is 38.7 Å². The van der Waals surface area contributed by atoms with Crippen molar-refractivity contribution in [1.82, 2.24) is 19.4 Å². The van der Waals surface area contributed by atoms with Gasteiger partial charge in [-0.1, -0.05) is 30.3 Å². The molecule has 0 saturated carbocycles. The van der Waals surface area contributed by atoms with E-state index in [9.17, 15) is 9.59 Å². The number of likely N-dealkylation sites (tertiary alicyclic amines) is 1. The lowest BCUT2D eigenvalue weighted by molar-refractivity contribution is -0.132. The van der Waals surface area contributed by atoms with Crippen molar-refractivity contribution >= 4 is 5.91 Å². The Morgan fingerprint density at radius 1 is 1.14 bits per heavy atom. The summed E-state index contributed by atoms with van der Waals surface area (Å²) >= 11 is 0. The Bertz CT molecular complexity index is 922. The summed E-state index contributed by atoms with van der Waals surface area (Å²) in [6, 6.07) is 10.6. The zero-order valence-electron chi connectivity index (χ0n) is 16.7. The van der Waals surface area contributed by atoms with E-state index in [4.69, 9.17) is 0 Å². The van der Waals surface area contributed by atoms with Gasteiger partial charge in [-0.25, -0.2) is 4.98 Å². The minimum atomic E-state index is 0.0297. The van der Waals surface area contributed by atoms with E-state index < -0.39 is 0 Å². The Labute approximate surface area is 165 Å². The Morgan fingerprint density at radius 3 is 2.68 bits per heavy atom. The van der Waals surface area contributed by atoms with Gasteiger partial charge in [0.1, 0.15) is 5.82 Å². The van der Waals surface area contributed by atoms with E-state index in [2.05, 4.69) is 34.1 Å². The summed E-state index contributed by atoms with van der Waals surface area (Å²) in [4.78, 5) is 34.2. The molecule has 1 amide bonds. The van der Waals surface area contributed by atoms with Crippen molar-refractivity contribution in [2.45, 2.75) is 32.1 Å². The van der Waals surface area contributed by atoms with E-state index in [0.29, 0.717) is 38.4 Å². The van der Waals surface area contributed by atoms with Crippen LogP contribution in [0.3, 0.4) is 0 Å². The molecule has 0 bridgehead atoms. The van der Waals surface area contributed by atoms with Crippen molar-refractivity contribution in [3.63, 3.8) is 0 Å². The highest BCUT2D eigenvalue weighted by Crippen LogP contribution is 2.26. The summed E-state index contributed by atoms with van der Waals surface area (Å²) in [7, 11) is 1.76. The van der Waals surface area contributed by atoms with E-state index in [1.807, 2.05) is 17.9 Å². The molecule has 2 aliphatic rings. The van der Waals surface area contributed by atoms with Crippen LogP contribution in [0.4, 0.5) is 0 Å². The lowest BCUT2D eigenvalue weighted by Crippen LogP contribution is -2.41. The highest BCUT2D eigenvalue weighted by Gasteiger charge is 2.28. The molecule has 1 atom stereocenters. The van der Waals surface area contributed by atoms with Crippen LogP contribution in [0.25, 0.3) is 0 Å². The average molecular weight is 380 g/mol. The SMILES string of the molecule is Cc1nc2c(c(=O)n1C)CCN(C(=O)CN1CCC(c3ccccc3)C1)CC2. The second-order valence-electron chi connectivity index (χ2n) is 7.96. The Morgan fingerprint density at radius 2 is 1.89 bits per heavy atom. The molecule has 4 rings (SSSR count).